The summed E-state index contributed by atoms with van der Waals surface area (Å²) in [5.41, 5.74) is 1.93. The summed E-state index contributed by atoms with van der Waals surface area (Å²) < 4.78 is 5.55. The Bertz CT molecular complexity index is 381. The van der Waals surface area contributed by atoms with Crippen molar-refractivity contribution in [3.05, 3.63) is 29.3 Å². The third-order valence-electron chi connectivity index (χ3n) is 3.26. The molecular formula is C15H22O2. The molecule has 0 atom stereocenters. The van der Waals surface area contributed by atoms with Gasteiger partial charge in [0.15, 0.2) is 6.29 Å². The molecule has 0 N–H and O–H groups in total. The van der Waals surface area contributed by atoms with Crippen LogP contribution in [-0.4, -0.2) is 12.9 Å². The van der Waals surface area contributed by atoms with Crippen molar-refractivity contribution in [3.63, 3.8) is 0 Å². The Morgan fingerprint density at radius 3 is 2.53 bits per heavy atom. The van der Waals surface area contributed by atoms with Gasteiger partial charge in [0.2, 0.25) is 0 Å². The zero-order valence-corrected chi connectivity index (χ0v) is 11.2. The highest BCUT2D eigenvalue weighted by Crippen LogP contribution is 2.30. The number of hydrogen-bond donors (Lipinski definition) is 0. The Kier molecular flexibility index (Phi) is 4.73. The molecule has 0 aliphatic rings. The van der Waals surface area contributed by atoms with Crippen LogP contribution < -0.4 is 4.74 Å². The fourth-order valence-electron chi connectivity index (χ4n) is 1.61. The molecule has 0 aliphatic carbocycles. The SMILES string of the molecule is CCCOc1ccc(C(C)(C)CC)cc1C=O. The summed E-state index contributed by atoms with van der Waals surface area (Å²) in [5, 5.41) is 0. The van der Waals surface area contributed by atoms with Gasteiger partial charge in [-0.1, -0.05) is 33.8 Å². The topological polar surface area (TPSA) is 26.3 Å². The number of ether oxygens (including phenoxy) is 1. The molecule has 94 valence electrons. The molecule has 0 aliphatic heterocycles. The largest absolute Gasteiger partial charge is 0.493 e. The smallest absolute Gasteiger partial charge is 0.153 e. The van der Waals surface area contributed by atoms with E-state index in [2.05, 4.69) is 33.8 Å². The van der Waals surface area contributed by atoms with E-state index >= 15 is 0 Å². The first kappa shape index (κ1) is 13.8. The monoisotopic (exact) mass is 234 g/mol. The maximum Gasteiger partial charge on any atom is 0.153 e. The van der Waals surface area contributed by atoms with Crippen LogP contribution in [0.4, 0.5) is 0 Å². The Labute approximate surface area is 104 Å². The lowest BCUT2D eigenvalue weighted by molar-refractivity contribution is 0.111. The van der Waals surface area contributed by atoms with Crippen LogP contribution in [-0.2, 0) is 5.41 Å². The van der Waals surface area contributed by atoms with Crippen molar-refractivity contribution in [1.82, 2.24) is 0 Å². The molecule has 0 fully saturated rings. The summed E-state index contributed by atoms with van der Waals surface area (Å²) in [5.74, 6) is 0.692. The van der Waals surface area contributed by atoms with Crippen LogP contribution >= 0.6 is 0 Å². The maximum atomic E-state index is 11.1. The van der Waals surface area contributed by atoms with Crippen molar-refractivity contribution >= 4 is 6.29 Å². The first-order valence-corrected chi connectivity index (χ1v) is 6.27. The minimum Gasteiger partial charge on any atom is -0.493 e. The Morgan fingerprint density at radius 2 is 2.00 bits per heavy atom. The average molecular weight is 234 g/mol. The minimum atomic E-state index is 0.0983. The predicted octanol–water partition coefficient (Wildman–Crippen LogP) is 3.98. The fraction of sp³-hybridized carbons (Fsp3) is 0.533. The third-order valence-corrected chi connectivity index (χ3v) is 3.26. The van der Waals surface area contributed by atoms with E-state index in [9.17, 15) is 4.79 Å². The first-order chi connectivity index (χ1) is 8.05. The van der Waals surface area contributed by atoms with Crippen molar-refractivity contribution in [3.8, 4) is 5.75 Å². The summed E-state index contributed by atoms with van der Waals surface area (Å²) in [4.78, 5) is 11.1. The van der Waals surface area contributed by atoms with Gasteiger partial charge in [-0.05, 0) is 36.0 Å². The fourth-order valence-corrected chi connectivity index (χ4v) is 1.61. The summed E-state index contributed by atoms with van der Waals surface area (Å²) in [6.45, 7) is 9.22. The average Bonchev–Trinajstić information content (AvgIpc) is 2.35. The molecule has 2 nitrogen and oxygen atoms in total. The van der Waals surface area contributed by atoms with Crippen LogP contribution in [0.15, 0.2) is 18.2 Å². The number of benzene rings is 1. The van der Waals surface area contributed by atoms with Gasteiger partial charge in [0, 0.05) is 0 Å². The van der Waals surface area contributed by atoms with Gasteiger partial charge in [-0.25, -0.2) is 0 Å². The summed E-state index contributed by atoms with van der Waals surface area (Å²) in [6, 6.07) is 5.91. The molecular weight excluding hydrogens is 212 g/mol. The van der Waals surface area contributed by atoms with Gasteiger partial charge in [-0.3, -0.25) is 4.79 Å². The van der Waals surface area contributed by atoms with Crippen LogP contribution in [0.25, 0.3) is 0 Å². The number of carbonyl (C=O) groups excluding carboxylic acids is 1. The molecule has 0 unspecified atom stereocenters. The highest BCUT2D eigenvalue weighted by molar-refractivity contribution is 5.79. The molecule has 0 amide bonds. The van der Waals surface area contributed by atoms with Gasteiger partial charge in [-0.15, -0.1) is 0 Å². The maximum absolute atomic E-state index is 11.1. The number of aldehydes is 1. The van der Waals surface area contributed by atoms with Crippen LogP contribution in [0.3, 0.4) is 0 Å². The van der Waals surface area contributed by atoms with E-state index in [0.717, 1.165) is 19.1 Å². The summed E-state index contributed by atoms with van der Waals surface area (Å²) >= 11 is 0. The summed E-state index contributed by atoms with van der Waals surface area (Å²) in [6.07, 6.45) is 2.86. The molecule has 0 saturated carbocycles. The molecule has 17 heavy (non-hydrogen) atoms. The zero-order chi connectivity index (χ0) is 12.9. The van der Waals surface area contributed by atoms with E-state index in [1.807, 2.05) is 12.1 Å². The molecule has 0 bridgehead atoms. The Morgan fingerprint density at radius 1 is 1.29 bits per heavy atom. The second-order valence-electron chi connectivity index (χ2n) is 4.96. The van der Waals surface area contributed by atoms with Gasteiger partial charge in [0.25, 0.3) is 0 Å². The molecule has 0 spiro atoms. The number of rotatable bonds is 6. The quantitative estimate of drug-likeness (QED) is 0.696. The lowest BCUT2D eigenvalue weighted by Crippen LogP contribution is -2.15. The molecule has 0 saturated heterocycles. The lowest BCUT2D eigenvalue weighted by atomic mass is 9.81. The highest BCUT2D eigenvalue weighted by Gasteiger charge is 2.19. The van der Waals surface area contributed by atoms with Gasteiger partial charge >= 0.3 is 0 Å². The molecule has 2 heteroatoms. The van der Waals surface area contributed by atoms with Gasteiger partial charge < -0.3 is 4.74 Å². The van der Waals surface area contributed by atoms with Crippen molar-refractivity contribution < 1.29 is 9.53 Å². The van der Waals surface area contributed by atoms with Crippen LogP contribution in [0, 0.1) is 0 Å². The first-order valence-electron chi connectivity index (χ1n) is 6.27. The molecule has 1 aromatic carbocycles. The van der Waals surface area contributed by atoms with Gasteiger partial charge in [-0.2, -0.15) is 0 Å². The normalized spacial score (nSPS) is 11.3. The second-order valence-corrected chi connectivity index (χ2v) is 4.96. The Balaban J connectivity index is 3.04. The van der Waals surface area contributed by atoms with Crippen LogP contribution in [0.1, 0.15) is 56.5 Å². The van der Waals surface area contributed by atoms with Crippen LogP contribution in [0.2, 0.25) is 0 Å². The minimum absolute atomic E-state index is 0.0983. The molecule has 0 heterocycles. The molecule has 0 radical (unpaired) electrons. The van der Waals surface area contributed by atoms with E-state index < -0.39 is 0 Å². The zero-order valence-electron chi connectivity index (χ0n) is 11.2. The van der Waals surface area contributed by atoms with E-state index in [1.165, 1.54) is 5.56 Å². The van der Waals surface area contributed by atoms with Crippen molar-refractivity contribution in [2.75, 3.05) is 6.61 Å². The molecule has 1 rings (SSSR count). The van der Waals surface area contributed by atoms with E-state index in [4.69, 9.17) is 4.74 Å². The second kappa shape index (κ2) is 5.85. The van der Waals surface area contributed by atoms with E-state index in [-0.39, 0.29) is 5.41 Å². The van der Waals surface area contributed by atoms with Crippen LogP contribution in [0.5, 0.6) is 5.75 Å². The van der Waals surface area contributed by atoms with Crippen molar-refractivity contribution in [1.29, 1.82) is 0 Å². The Hall–Kier alpha value is -1.31. The number of carbonyl (C=O) groups is 1. The lowest BCUT2D eigenvalue weighted by Gasteiger charge is -2.24. The predicted molar refractivity (Wildman–Crippen MR) is 70.9 cm³/mol. The van der Waals surface area contributed by atoms with Gasteiger partial charge in [0.1, 0.15) is 5.75 Å². The van der Waals surface area contributed by atoms with Gasteiger partial charge in [0.05, 0.1) is 12.2 Å². The third kappa shape index (κ3) is 3.32. The van der Waals surface area contributed by atoms with E-state index in [0.29, 0.717) is 17.9 Å². The molecule has 1 aromatic rings. The standard InChI is InChI=1S/C15H22O2/c1-5-9-17-14-8-7-13(10-12(14)11-16)15(3,4)6-2/h7-8,10-11H,5-6,9H2,1-4H3. The molecule has 0 aromatic heterocycles. The van der Waals surface area contributed by atoms with Crippen molar-refractivity contribution in [2.45, 2.75) is 46.0 Å². The number of hydrogen-bond acceptors (Lipinski definition) is 2. The van der Waals surface area contributed by atoms with E-state index in [1.54, 1.807) is 0 Å². The highest BCUT2D eigenvalue weighted by atomic mass is 16.5. The summed E-state index contributed by atoms with van der Waals surface area (Å²) in [7, 11) is 0. The van der Waals surface area contributed by atoms with Crippen molar-refractivity contribution in [2.24, 2.45) is 0 Å².